The molecule has 102 valence electrons. The van der Waals surface area contributed by atoms with E-state index in [0.717, 1.165) is 20.4 Å². The van der Waals surface area contributed by atoms with Gasteiger partial charge in [-0.2, -0.15) is 0 Å². The summed E-state index contributed by atoms with van der Waals surface area (Å²) in [5.74, 6) is -0.161. The van der Waals surface area contributed by atoms with Gasteiger partial charge >= 0.3 is 0 Å². The van der Waals surface area contributed by atoms with Crippen molar-refractivity contribution in [3.63, 3.8) is 0 Å². The molecule has 1 aromatic heterocycles. The standard InChI is InChI=1S/C14H14Br2FNS/c1-2-18-13(10-6-14(16)19-8-10)5-9-3-4-11(15)7-12(9)17/h3-4,6-8,13,18H,2,5H2,1H3. The van der Waals surface area contributed by atoms with Crippen molar-refractivity contribution in [3.05, 3.63) is 54.8 Å². The fourth-order valence-corrected chi connectivity index (χ4v) is 3.53. The zero-order valence-corrected chi connectivity index (χ0v) is 14.4. The van der Waals surface area contributed by atoms with Crippen LogP contribution in [0.25, 0.3) is 0 Å². The fraction of sp³-hybridized carbons (Fsp3) is 0.286. The second kappa shape index (κ2) is 6.97. The summed E-state index contributed by atoms with van der Waals surface area (Å²) in [6.07, 6.45) is 0.649. The molecule has 1 heterocycles. The quantitative estimate of drug-likeness (QED) is 0.709. The maximum Gasteiger partial charge on any atom is 0.127 e. The van der Waals surface area contributed by atoms with E-state index in [1.807, 2.05) is 12.1 Å². The van der Waals surface area contributed by atoms with Gasteiger partial charge in [0.25, 0.3) is 0 Å². The van der Waals surface area contributed by atoms with Crippen LogP contribution in [0.5, 0.6) is 0 Å². The van der Waals surface area contributed by atoms with Gasteiger partial charge in [-0.15, -0.1) is 11.3 Å². The summed E-state index contributed by atoms with van der Waals surface area (Å²) >= 11 is 8.40. The molecule has 0 aliphatic heterocycles. The van der Waals surface area contributed by atoms with Gasteiger partial charge in [0.05, 0.1) is 3.79 Å². The third kappa shape index (κ3) is 4.12. The highest BCUT2D eigenvalue weighted by Gasteiger charge is 2.15. The molecule has 0 aliphatic carbocycles. The van der Waals surface area contributed by atoms with Crippen molar-refractivity contribution < 1.29 is 4.39 Å². The number of thiophene rings is 1. The summed E-state index contributed by atoms with van der Waals surface area (Å²) in [7, 11) is 0. The van der Waals surface area contributed by atoms with Gasteiger partial charge in [0.1, 0.15) is 5.82 Å². The Morgan fingerprint density at radius 2 is 2.11 bits per heavy atom. The van der Waals surface area contributed by atoms with Crippen molar-refractivity contribution >= 4 is 43.2 Å². The number of hydrogen-bond acceptors (Lipinski definition) is 2. The average molecular weight is 407 g/mol. The summed E-state index contributed by atoms with van der Waals surface area (Å²) < 4.78 is 15.8. The molecular formula is C14H14Br2FNS. The molecule has 0 saturated carbocycles. The molecule has 2 aromatic rings. The SMILES string of the molecule is CCNC(Cc1ccc(Br)cc1F)c1csc(Br)c1. The molecule has 1 unspecified atom stereocenters. The summed E-state index contributed by atoms with van der Waals surface area (Å²) in [5, 5.41) is 5.52. The van der Waals surface area contributed by atoms with Crippen molar-refractivity contribution in [2.24, 2.45) is 0 Å². The molecule has 1 atom stereocenters. The summed E-state index contributed by atoms with van der Waals surface area (Å²) in [5.41, 5.74) is 1.93. The van der Waals surface area contributed by atoms with Gasteiger partial charge < -0.3 is 5.32 Å². The summed E-state index contributed by atoms with van der Waals surface area (Å²) in [6, 6.07) is 7.47. The van der Waals surface area contributed by atoms with Crippen LogP contribution in [0.1, 0.15) is 24.1 Å². The van der Waals surface area contributed by atoms with Gasteiger partial charge in [0, 0.05) is 10.5 Å². The second-order valence-electron chi connectivity index (χ2n) is 4.23. The lowest BCUT2D eigenvalue weighted by atomic mass is 10.0. The first kappa shape index (κ1) is 15.2. The zero-order valence-electron chi connectivity index (χ0n) is 10.4. The Morgan fingerprint density at radius 3 is 2.68 bits per heavy atom. The normalized spacial score (nSPS) is 12.6. The van der Waals surface area contributed by atoms with Crippen LogP contribution in [0.2, 0.25) is 0 Å². The molecule has 0 aliphatic rings. The molecule has 0 saturated heterocycles. The van der Waals surface area contributed by atoms with Gasteiger partial charge in [-0.25, -0.2) is 4.39 Å². The smallest absolute Gasteiger partial charge is 0.127 e. The molecule has 0 bridgehead atoms. The fourth-order valence-electron chi connectivity index (χ4n) is 1.97. The Balaban J connectivity index is 2.21. The largest absolute Gasteiger partial charge is 0.310 e. The van der Waals surface area contributed by atoms with Crippen LogP contribution >= 0.6 is 43.2 Å². The van der Waals surface area contributed by atoms with E-state index in [0.29, 0.717) is 6.42 Å². The molecule has 2 rings (SSSR count). The Morgan fingerprint density at radius 1 is 1.32 bits per heavy atom. The lowest BCUT2D eigenvalue weighted by Gasteiger charge is -2.17. The molecule has 1 nitrogen and oxygen atoms in total. The van der Waals surface area contributed by atoms with Crippen LogP contribution in [-0.4, -0.2) is 6.54 Å². The second-order valence-corrected chi connectivity index (χ2v) is 7.44. The lowest BCUT2D eigenvalue weighted by Crippen LogP contribution is -2.22. The van der Waals surface area contributed by atoms with Crippen LogP contribution in [0.4, 0.5) is 4.39 Å². The average Bonchev–Trinajstić information content (AvgIpc) is 2.78. The molecule has 1 N–H and O–H groups in total. The van der Waals surface area contributed by atoms with Crippen LogP contribution in [0.3, 0.4) is 0 Å². The molecule has 19 heavy (non-hydrogen) atoms. The third-order valence-corrected chi connectivity index (χ3v) is 4.90. The van der Waals surface area contributed by atoms with Crippen LogP contribution < -0.4 is 5.32 Å². The molecule has 5 heteroatoms. The van der Waals surface area contributed by atoms with Crippen molar-refractivity contribution in [2.45, 2.75) is 19.4 Å². The number of likely N-dealkylation sites (N-methyl/N-ethyl adjacent to an activating group) is 1. The van der Waals surface area contributed by atoms with Gasteiger partial charge in [-0.05, 0) is 63.6 Å². The summed E-state index contributed by atoms with van der Waals surface area (Å²) in [6.45, 7) is 2.92. The minimum absolute atomic E-state index is 0.142. The van der Waals surface area contributed by atoms with Gasteiger partial charge in [0.15, 0.2) is 0 Å². The molecule has 0 spiro atoms. The maximum absolute atomic E-state index is 13.9. The highest BCUT2D eigenvalue weighted by molar-refractivity contribution is 9.11. The van der Waals surface area contributed by atoms with E-state index in [4.69, 9.17) is 0 Å². The predicted molar refractivity (Wildman–Crippen MR) is 86.2 cm³/mol. The first-order valence-electron chi connectivity index (χ1n) is 6.01. The van der Waals surface area contributed by atoms with E-state index >= 15 is 0 Å². The number of hydrogen-bond donors (Lipinski definition) is 1. The minimum atomic E-state index is -0.161. The molecule has 0 fully saturated rings. The van der Waals surface area contributed by atoms with Gasteiger partial charge in [-0.1, -0.05) is 28.9 Å². The third-order valence-electron chi connectivity index (χ3n) is 2.88. The van der Waals surface area contributed by atoms with Crippen LogP contribution in [-0.2, 0) is 6.42 Å². The number of rotatable bonds is 5. The number of halogens is 3. The number of nitrogens with one attached hydrogen (secondary N) is 1. The van der Waals surface area contributed by atoms with Crippen molar-refractivity contribution in [1.82, 2.24) is 5.32 Å². The summed E-state index contributed by atoms with van der Waals surface area (Å²) in [4.78, 5) is 0. The predicted octanol–water partition coefficient (Wildman–Crippen LogP) is 5.31. The highest BCUT2D eigenvalue weighted by Crippen LogP contribution is 2.28. The zero-order chi connectivity index (χ0) is 13.8. The lowest BCUT2D eigenvalue weighted by molar-refractivity contribution is 0.529. The molecular weight excluding hydrogens is 393 g/mol. The van der Waals surface area contributed by atoms with E-state index < -0.39 is 0 Å². The van der Waals surface area contributed by atoms with Gasteiger partial charge in [0.2, 0.25) is 0 Å². The van der Waals surface area contributed by atoms with E-state index in [2.05, 4.69) is 55.5 Å². The Hall–Kier alpha value is -0.230. The number of benzene rings is 1. The Bertz CT molecular complexity index is 556. The Kier molecular flexibility index (Phi) is 5.57. The first-order valence-corrected chi connectivity index (χ1v) is 8.48. The monoisotopic (exact) mass is 405 g/mol. The topological polar surface area (TPSA) is 12.0 Å². The maximum atomic E-state index is 13.9. The van der Waals surface area contributed by atoms with Crippen molar-refractivity contribution in [3.8, 4) is 0 Å². The molecule has 1 aromatic carbocycles. The van der Waals surface area contributed by atoms with E-state index in [9.17, 15) is 4.39 Å². The van der Waals surface area contributed by atoms with Crippen molar-refractivity contribution in [2.75, 3.05) is 6.54 Å². The van der Waals surface area contributed by atoms with Gasteiger partial charge in [-0.3, -0.25) is 0 Å². The van der Waals surface area contributed by atoms with Crippen molar-refractivity contribution in [1.29, 1.82) is 0 Å². The van der Waals surface area contributed by atoms with E-state index in [-0.39, 0.29) is 11.9 Å². The van der Waals surface area contributed by atoms with E-state index in [1.54, 1.807) is 11.3 Å². The molecule has 0 radical (unpaired) electrons. The highest BCUT2D eigenvalue weighted by atomic mass is 79.9. The van der Waals surface area contributed by atoms with Crippen LogP contribution in [0, 0.1) is 5.82 Å². The molecule has 0 amide bonds. The minimum Gasteiger partial charge on any atom is -0.310 e. The van der Waals surface area contributed by atoms with Crippen LogP contribution in [0.15, 0.2) is 37.9 Å². The van der Waals surface area contributed by atoms with E-state index in [1.165, 1.54) is 11.6 Å². The first-order chi connectivity index (χ1) is 9.10. The Labute approximate surface area is 133 Å².